The van der Waals surface area contributed by atoms with Gasteiger partial charge in [-0.3, -0.25) is 4.79 Å². The second-order valence-electron chi connectivity index (χ2n) is 3.82. The maximum Gasteiger partial charge on any atom is 0.337 e. The van der Waals surface area contributed by atoms with Gasteiger partial charge in [-0.1, -0.05) is 0 Å². The van der Waals surface area contributed by atoms with Crippen LogP contribution in [0, 0.1) is 0 Å². The maximum atomic E-state index is 11.8. The monoisotopic (exact) mass is 288 g/mol. The summed E-state index contributed by atoms with van der Waals surface area (Å²) in [5.41, 5.74) is 0.736. The molecule has 106 valence electrons. The Labute approximate surface area is 114 Å². The van der Waals surface area contributed by atoms with E-state index in [1.807, 2.05) is 0 Å². The van der Waals surface area contributed by atoms with Gasteiger partial charge < -0.3 is 20.5 Å². The number of carbonyl (C=O) groups is 3. The smallest absolute Gasteiger partial charge is 0.337 e. The number of carboxylic acids is 1. The maximum absolute atomic E-state index is 11.8. The molecule has 7 nitrogen and oxygen atoms in total. The van der Waals surface area contributed by atoms with Crippen molar-refractivity contribution >= 4 is 29.7 Å². The Morgan fingerprint density at radius 1 is 1.47 bits per heavy atom. The zero-order chi connectivity index (χ0) is 14.4. The molecule has 1 rings (SSSR count). The first kappa shape index (κ1) is 15.4. The van der Waals surface area contributed by atoms with Gasteiger partial charge in [-0.25, -0.2) is 9.59 Å². The highest BCUT2D eigenvalue weighted by Crippen LogP contribution is 2.18. The Morgan fingerprint density at radius 2 is 2.16 bits per heavy atom. The van der Waals surface area contributed by atoms with Gasteiger partial charge in [-0.2, -0.15) is 0 Å². The summed E-state index contributed by atoms with van der Waals surface area (Å²) in [4.78, 5) is 33.7. The number of rotatable bonds is 6. The van der Waals surface area contributed by atoms with E-state index in [0.29, 0.717) is 11.3 Å². The van der Waals surface area contributed by atoms with Crippen LogP contribution in [0.15, 0.2) is 11.3 Å². The first-order valence-electron chi connectivity index (χ1n) is 5.73. The van der Waals surface area contributed by atoms with Gasteiger partial charge in [-0.15, -0.1) is 11.8 Å². The highest BCUT2D eigenvalue weighted by Gasteiger charge is 2.29. The summed E-state index contributed by atoms with van der Waals surface area (Å²) in [5.74, 6) is -1.32. The lowest BCUT2D eigenvalue weighted by molar-refractivity contribution is -0.139. The van der Waals surface area contributed by atoms with Crippen molar-refractivity contribution in [3.05, 3.63) is 11.3 Å². The van der Waals surface area contributed by atoms with Gasteiger partial charge in [-0.05, 0) is 13.8 Å². The predicted molar refractivity (Wildman–Crippen MR) is 69.7 cm³/mol. The van der Waals surface area contributed by atoms with Crippen LogP contribution in [-0.2, 0) is 14.3 Å². The molecule has 0 aromatic heterocycles. The van der Waals surface area contributed by atoms with Crippen molar-refractivity contribution in [3.63, 3.8) is 0 Å². The molecule has 0 radical (unpaired) electrons. The molecule has 8 heteroatoms. The molecule has 1 aliphatic heterocycles. The van der Waals surface area contributed by atoms with Crippen molar-refractivity contribution in [2.24, 2.45) is 0 Å². The fourth-order valence-electron chi connectivity index (χ4n) is 1.63. The van der Waals surface area contributed by atoms with E-state index in [4.69, 9.17) is 9.84 Å². The minimum Gasteiger partial charge on any atom is -0.481 e. The van der Waals surface area contributed by atoms with E-state index < -0.39 is 24.0 Å². The van der Waals surface area contributed by atoms with Gasteiger partial charge in [0.1, 0.15) is 0 Å². The highest BCUT2D eigenvalue weighted by molar-refractivity contribution is 8.00. The van der Waals surface area contributed by atoms with Crippen LogP contribution < -0.4 is 10.6 Å². The van der Waals surface area contributed by atoms with Crippen LogP contribution in [0.1, 0.15) is 13.8 Å². The van der Waals surface area contributed by atoms with Crippen LogP contribution in [-0.4, -0.2) is 47.2 Å². The lowest BCUT2D eigenvalue weighted by atomic mass is 10.1. The molecule has 0 saturated carbocycles. The number of ether oxygens (including phenoxy) is 1. The zero-order valence-electron chi connectivity index (χ0n) is 10.7. The van der Waals surface area contributed by atoms with Crippen molar-refractivity contribution in [2.45, 2.75) is 19.9 Å². The van der Waals surface area contributed by atoms with Gasteiger partial charge in [0.15, 0.2) is 0 Å². The molecule has 2 amide bonds. The molecule has 3 N–H and O–H groups in total. The highest BCUT2D eigenvalue weighted by atomic mass is 32.2. The number of aliphatic carboxylic acids is 1. The average molecular weight is 288 g/mol. The lowest BCUT2D eigenvalue weighted by Gasteiger charge is -2.26. The molecule has 19 heavy (non-hydrogen) atoms. The van der Waals surface area contributed by atoms with E-state index in [0.717, 1.165) is 11.8 Å². The predicted octanol–water partition coefficient (Wildman–Crippen LogP) is 0.323. The summed E-state index contributed by atoms with van der Waals surface area (Å²) in [7, 11) is 0. The molecule has 0 spiro atoms. The van der Waals surface area contributed by atoms with Crippen molar-refractivity contribution in [1.82, 2.24) is 10.6 Å². The third-order valence-corrected chi connectivity index (χ3v) is 3.28. The number of nitrogens with one attached hydrogen (secondary N) is 2. The lowest BCUT2D eigenvalue weighted by Crippen LogP contribution is -2.49. The van der Waals surface area contributed by atoms with Crippen LogP contribution >= 0.6 is 11.8 Å². The van der Waals surface area contributed by atoms with Crippen LogP contribution in [0.4, 0.5) is 4.79 Å². The van der Waals surface area contributed by atoms with Crippen LogP contribution in [0.2, 0.25) is 0 Å². The molecule has 0 aromatic rings. The standard InChI is InChI=1S/C11H16N2O5S/c1-3-18-10(16)9-6(2)12-11(17)13-7(9)4-19-5-8(14)15/h6H,3-5H2,1-2H3,(H,14,15)(H2,12,13,17)/t6-/m0/s1. The van der Waals surface area contributed by atoms with Crippen LogP contribution in [0.25, 0.3) is 0 Å². The minimum absolute atomic E-state index is 0.0999. The number of carbonyl (C=O) groups excluding carboxylic acids is 2. The largest absolute Gasteiger partial charge is 0.481 e. The Kier molecular flexibility index (Phi) is 5.68. The molecule has 0 aromatic carbocycles. The molecule has 1 aliphatic rings. The van der Waals surface area contributed by atoms with E-state index >= 15 is 0 Å². The van der Waals surface area contributed by atoms with Crippen molar-refractivity contribution in [2.75, 3.05) is 18.1 Å². The molecule has 1 atom stereocenters. The fourth-order valence-corrected chi connectivity index (χ4v) is 2.34. The third-order valence-electron chi connectivity index (χ3n) is 2.34. The zero-order valence-corrected chi connectivity index (χ0v) is 11.5. The molecule has 0 unspecified atom stereocenters. The molecular formula is C11H16N2O5S. The second-order valence-corrected chi connectivity index (χ2v) is 4.80. The van der Waals surface area contributed by atoms with Crippen LogP contribution in [0.5, 0.6) is 0 Å². The van der Waals surface area contributed by atoms with E-state index in [2.05, 4.69) is 10.6 Å². The summed E-state index contributed by atoms with van der Waals surface area (Å²) in [6, 6.07) is -0.875. The van der Waals surface area contributed by atoms with Crippen molar-refractivity contribution < 1.29 is 24.2 Å². The van der Waals surface area contributed by atoms with Gasteiger partial charge in [0.2, 0.25) is 0 Å². The van der Waals surface area contributed by atoms with Crippen molar-refractivity contribution in [1.29, 1.82) is 0 Å². The van der Waals surface area contributed by atoms with Gasteiger partial charge >= 0.3 is 18.0 Å². The molecule has 0 fully saturated rings. The Hall–Kier alpha value is -1.70. The molecule has 0 bridgehead atoms. The van der Waals surface area contributed by atoms with Gasteiger partial charge in [0, 0.05) is 11.4 Å². The number of hydrogen-bond donors (Lipinski definition) is 3. The SMILES string of the molecule is CCOC(=O)C1=C(CSCC(=O)O)NC(=O)N[C@H]1C. The molecule has 1 heterocycles. The Bertz CT molecular complexity index is 421. The first-order chi connectivity index (χ1) is 8.95. The normalized spacial score (nSPS) is 18.6. The average Bonchev–Trinajstić information content (AvgIpc) is 2.27. The minimum atomic E-state index is -0.948. The number of hydrogen-bond acceptors (Lipinski definition) is 5. The first-order valence-corrected chi connectivity index (χ1v) is 6.88. The second kappa shape index (κ2) is 7.03. The molecule has 0 aliphatic carbocycles. The summed E-state index contributed by atoms with van der Waals surface area (Å²) in [5, 5.41) is 13.7. The molecular weight excluding hydrogens is 272 g/mol. The van der Waals surface area contributed by atoms with E-state index in [-0.39, 0.29) is 18.1 Å². The summed E-state index contributed by atoms with van der Waals surface area (Å²) < 4.78 is 4.93. The summed E-state index contributed by atoms with van der Waals surface area (Å²) >= 11 is 1.10. The quantitative estimate of drug-likeness (QED) is 0.608. The Balaban J connectivity index is 2.86. The fraction of sp³-hybridized carbons (Fsp3) is 0.545. The topological polar surface area (TPSA) is 105 Å². The molecule has 0 saturated heterocycles. The number of carboxylic acid groups (broad SMARTS) is 1. The van der Waals surface area contributed by atoms with Crippen LogP contribution in [0.3, 0.4) is 0 Å². The van der Waals surface area contributed by atoms with E-state index in [1.165, 1.54) is 0 Å². The third kappa shape index (κ3) is 4.47. The number of thioether (sulfide) groups is 1. The van der Waals surface area contributed by atoms with E-state index in [9.17, 15) is 14.4 Å². The number of urea groups is 1. The van der Waals surface area contributed by atoms with Crippen molar-refractivity contribution in [3.8, 4) is 0 Å². The van der Waals surface area contributed by atoms with E-state index in [1.54, 1.807) is 13.8 Å². The number of amides is 2. The summed E-state index contributed by atoms with van der Waals surface area (Å²) in [6.07, 6.45) is 0. The summed E-state index contributed by atoms with van der Waals surface area (Å²) in [6.45, 7) is 3.60. The number of esters is 1. The Morgan fingerprint density at radius 3 is 2.74 bits per heavy atom. The van der Waals surface area contributed by atoms with Gasteiger partial charge in [0.25, 0.3) is 0 Å². The van der Waals surface area contributed by atoms with Gasteiger partial charge in [0.05, 0.1) is 24.0 Å².